The number of aromatic nitrogens is 5. The minimum absolute atomic E-state index is 0.243. The molecule has 2 bridgehead atoms. The lowest BCUT2D eigenvalue weighted by atomic mass is 9.58. The van der Waals surface area contributed by atoms with Gasteiger partial charge in [-0.2, -0.15) is 5.10 Å². The maximum atomic E-state index is 11.4. The van der Waals surface area contributed by atoms with Crippen LogP contribution in [0.5, 0.6) is 0 Å². The molecule has 3 aromatic rings. The lowest BCUT2D eigenvalue weighted by Gasteiger charge is -2.52. The Morgan fingerprint density at radius 1 is 1.18 bits per heavy atom. The van der Waals surface area contributed by atoms with Crippen molar-refractivity contribution >= 4 is 22.9 Å². The number of carbonyl (C=O) groups excluding carboxylic acids is 1. The van der Waals surface area contributed by atoms with Crippen molar-refractivity contribution in [1.82, 2.24) is 24.7 Å². The van der Waals surface area contributed by atoms with E-state index in [-0.39, 0.29) is 11.0 Å². The van der Waals surface area contributed by atoms with Crippen LogP contribution in [0.4, 0.5) is 10.6 Å². The van der Waals surface area contributed by atoms with Crippen LogP contribution >= 0.6 is 0 Å². The first-order chi connectivity index (χ1) is 15.9. The van der Waals surface area contributed by atoms with Gasteiger partial charge in [0.1, 0.15) is 22.9 Å². The van der Waals surface area contributed by atoms with Crippen molar-refractivity contribution in [2.75, 3.05) is 11.4 Å². The number of anilines is 1. The number of ether oxygens (including phenoxy) is 1. The number of nitrogens with one attached hydrogen (secondary N) is 1. The lowest BCUT2D eigenvalue weighted by molar-refractivity contribution is -0.101. The van der Waals surface area contributed by atoms with Crippen LogP contribution in [0.15, 0.2) is 12.3 Å². The molecule has 0 aromatic carbocycles. The lowest BCUT2D eigenvalue weighted by Crippen LogP contribution is -2.50. The second-order valence-corrected chi connectivity index (χ2v) is 10.3. The highest BCUT2D eigenvalue weighted by molar-refractivity contribution is 5.87. The van der Waals surface area contributed by atoms with E-state index in [0.29, 0.717) is 0 Å². The van der Waals surface area contributed by atoms with Crippen molar-refractivity contribution in [3.05, 3.63) is 35.0 Å². The predicted octanol–water partition coefficient (Wildman–Crippen LogP) is 3.52. The first kappa shape index (κ1) is 20.5. The highest BCUT2D eigenvalue weighted by atomic mass is 16.6. The number of rotatable bonds is 4. The molecular formula is C24H31N7O2. The predicted molar refractivity (Wildman–Crippen MR) is 124 cm³/mol. The third-order valence-electron chi connectivity index (χ3n) is 8.28. The normalized spacial score (nSPS) is 26.5. The fourth-order valence-corrected chi connectivity index (χ4v) is 6.40. The Labute approximate surface area is 192 Å². The summed E-state index contributed by atoms with van der Waals surface area (Å²) in [6.07, 6.45) is 8.15. The molecule has 3 fully saturated rings. The van der Waals surface area contributed by atoms with Crippen molar-refractivity contribution in [1.29, 1.82) is 0 Å². The summed E-state index contributed by atoms with van der Waals surface area (Å²) in [5.41, 5.74) is 9.95. The molecule has 3 aromatic heterocycles. The fourth-order valence-electron chi connectivity index (χ4n) is 6.40. The molecule has 9 nitrogen and oxygen atoms in total. The summed E-state index contributed by atoms with van der Waals surface area (Å²) in [4.78, 5) is 26.2. The average molecular weight is 450 g/mol. The SMILES string of the molecule is Cc1nc(N2CCc3c(c(C)nn3CC34CCC(OC(N)=O)(CC3)CC4)C2)c2cc[nH]c2n1. The van der Waals surface area contributed by atoms with E-state index in [4.69, 9.17) is 20.6 Å². The topological polar surface area (TPSA) is 115 Å². The summed E-state index contributed by atoms with van der Waals surface area (Å²) in [5.74, 6) is 1.78. The van der Waals surface area contributed by atoms with Gasteiger partial charge in [0, 0.05) is 43.5 Å². The van der Waals surface area contributed by atoms with Crippen LogP contribution in [0.2, 0.25) is 0 Å². The number of aromatic amines is 1. The molecule has 7 rings (SSSR count). The van der Waals surface area contributed by atoms with Gasteiger partial charge in [-0.3, -0.25) is 4.68 Å². The molecule has 3 aliphatic carbocycles. The van der Waals surface area contributed by atoms with Gasteiger partial charge in [-0.25, -0.2) is 14.8 Å². The van der Waals surface area contributed by atoms with Crippen molar-refractivity contribution in [2.45, 2.75) is 77.5 Å². The van der Waals surface area contributed by atoms with E-state index >= 15 is 0 Å². The summed E-state index contributed by atoms with van der Waals surface area (Å²) in [7, 11) is 0. The molecule has 0 radical (unpaired) electrons. The maximum absolute atomic E-state index is 11.4. The smallest absolute Gasteiger partial charge is 0.405 e. The Hall–Kier alpha value is -3.10. The van der Waals surface area contributed by atoms with Gasteiger partial charge in [0.05, 0.1) is 11.1 Å². The molecule has 33 heavy (non-hydrogen) atoms. The first-order valence-electron chi connectivity index (χ1n) is 12.0. The molecule has 4 heterocycles. The first-order valence-corrected chi connectivity index (χ1v) is 12.0. The largest absolute Gasteiger partial charge is 0.443 e. The quantitative estimate of drug-likeness (QED) is 0.630. The second kappa shape index (κ2) is 7.20. The Morgan fingerprint density at radius 3 is 2.67 bits per heavy atom. The van der Waals surface area contributed by atoms with Crippen molar-refractivity contribution in [3.8, 4) is 0 Å². The number of hydrogen-bond acceptors (Lipinski definition) is 6. The number of nitrogens with two attached hydrogens (primary N) is 1. The van der Waals surface area contributed by atoms with Crippen LogP contribution in [-0.4, -0.2) is 43.0 Å². The zero-order valence-corrected chi connectivity index (χ0v) is 19.4. The molecule has 0 unspecified atom stereocenters. The van der Waals surface area contributed by atoms with Gasteiger partial charge in [0.15, 0.2) is 0 Å². The van der Waals surface area contributed by atoms with E-state index in [1.54, 1.807) is 0 Å². The highest BCUT2D eigenvalue weighted by Crippen LogP contribution is 2.54. The van der Waals surface area contributed by atoms with Gasteiger partial charge >= 0.3 is 6.09 Å². The number of carbonyl (C=O) groups is 1. The number of H-pyrrole nitrogens is 1. The second-order valence-electron chi connectivity index (χ2n) is 10.3. The van der Waals surface area contributed by atoms with Crippen LogP contribution < -0.4 is 10.6 Å². The monoisotopic (exact) mass is 449 g/mol. The molecule has 9 heteroatoms. The Balaban J connectivity index is 1.24. The molecular weight excluding hydrogens is 418 g/mol. The minimum atomic E-state index is -0.637. The molecule has 1 aliphatic heterocycles. The summed E-state index contributed by atoms with van der Waals surface area (Å²) < 4.78 is 7.83. The summed E-state index contributed by atoms with van der Waals surface area (Å²) >= 11 is 0. The Morgan fingerprint density at radius 2 is 1.94 bits per heavy atom. The van der Waals surface area contributed by atoms with Crippen LogP contribution in [0.25, 0.3) is 11.0 Å². The summed E-state index contributed by atoms with van der Waals surface area (Å²) in [5, 5.41) is 6.07. The average Bonchev–Trinajstić information content (AvgIpc) is 3.38. The van der Waals surface area contributed by atoms with Crippen LogP contribution in [0.1, 0.15) is 61.3 Å². The summed E-state index contributed by atoms with van der Waals surface area (Å²) in [6, 6.07) is 2.06. The van der Waals surface area contributed by atoms with Gasteiger partial charge in [-0.05, 0) is 63.9 Å². The maximum Gasteiger partial charge on any atom is 0.405 e. The zero-order valence-electron chi connectivity index (χ0n) is 19.4. The number of primary amides is 1. The molecule has 0 spiro atoms. The molecule has 0 atom stereocenters. The van der Waals surface area contributed by atoms with Gasteiger partial charge in [-0.15, -0.1) is 0 Å². The van der Waals surface area contributed by atoms with E-state index in [9.17, 15) is 4.79 Å². The van der Waals surface area contributed by atoms with E-state index in [1.807, 2.05) is 13.1 Å². The van der Waals surface area contributed by atoms with Crippen LogP contribution in [0, 0.1) is 19.3 Å². The Kier molecular flexibility index (Phi) is 4.47. The number of hydrogen-bond donors (Lipinski definition) is 2. The van der Waals surface area contributed by atoms with Crippen molar-refractivity contribution < 1.29 is 9.53 Å². The molecule has 1 amide bonds. The number of aryl methyl sites for hydroxylation is 2. The molecule has 3 N–H and O–H groups in total. The minimum Gasteiger partial charge on any atom is -0.443 e. The molecule has 3 saturated carbocycles. The third kappa shape index (κ3) is 3.36. The Bertz CT molecular complexity index is 1220. The van der Waals surface area contributed by atoms with E-state index in [2.05, 4.69) is 32.5 Å². The van der Waals surface area contributed by atoms with Gasteiger partial charge < -0.3 is 20.4 Å². The van der Waals surface area contributed by atoms with E-state index in [0.717, 1.165) is 92.9 Å². The zero-order chi connectivity index (χ0) is 22.8. The van der Waals surface area contributed by atoms with Gasteiger partial charge in [-0.1, -0.05) is 0 Å². The number of nitrogens with zero attached hydrogens (tertiary/aromatic N) is 5. The molecule has 174 valence electrons. The van der Waals surface area contributed by atoms with Crippen LogP contribution in [0.3, 0.4) is 0 Å². The van der Waals surface area contributed by atoms with Crippen molar-refractivity contribution in [3.63, 3.8) is 0 Å². The third-order valence-corrected chi connectivity index (χ3v) is 8.28. The van der Waals surface area contributed by atoms with Crippen LogP contribution in [-0.2, 0) is 24.2 Å². The highest BCUT2D eigenvalue weighted by Gasteiger charge is 2.51. The molecule has 0 saturated heterocycles. The standard InChI is InChI=1S/C24H31N7O2/c1-15-18-13-30(21-17-3-11-26-20(17)27-16(2)28-21)12-4-19(18)31(29-15)14-23-5-8-24(9-6-23,10-7-23)33-22(25)32/h3,11H,4-10,12-14H2,1-2H3,(H2,25,32)(H,26,27,28). The van der Waals surface area contributed by atoms with E-state index < -0.39 is 6.09 Å². The van der Waals surface area contributed by atoms with E-state index in [1.165, 1.54) is 11.3 Å². The summed E-state index contributed by atoms with van der Waals surface area (Å²) in [6.45, 7) is 6.75. The molecule has 4 aliphatic rings. The number of amides is 1. The fraction of sp³-hybridized carbons (Fsp3) is 0.583. The number of fused-ring (bicyclic) bond motifs is 5. The van der Waals surface area contributed by atoms with Gasteiger partial charge in [0.25, 0.3) is 0 Å². The van der Waals surface area contributed by atoms with Gasteiger partial charge in [0.2, 0.25) is 0 Å². The van der Waals surface area contributed by atoms with Crippen molar-refractivity contribution in [2.24, 2.45) is 11.1 Å².